The zero-order chi connectivity index (χ0) is 20.5. The Balaban J connectivity index is 2.14. The van der Waals surface area contributed by atoms with Crippen LogP contribution in [0.1, 0.15) is 44.0 Å². The van der Waals surface area contributed by atoms with E-state index in [0.717, 1.165) is 19.4 Å². The van der Waals surface area contributed by atoms with Crippen molar-refractivity contribution in [3.63, 3.8) is 0 Å². The molecule has 0 saturated carbocycles. The van der Waals surface area contributed by atoms with Crippen LogP contribution in [-0.4, -0.2) is 43.8 Å². The Morgan fingerprint density at radius 3 is 2.61 bits per heavy atom. The zero-order valence-corrected chi connectivity index (χ0v) is 16.5. The van der Waals surface area contributed by atoms with Crippen molar-refractivity contribution in [1.82, 2.24) is 10.6 Å². The summed E-state index contributed by atoms with van der Waals surface area (Å²) in [6.07, 6.45) is 2.02. The Hall–Kier alpha value is -3.03. The summed E-state index contributed by atoms with van der Waals surface area (Å²) in [4.78, 5) is 36.6. The summed E-state index contributed by atoms with van der Waals surface area (Å²) in [5.74, 6) is -1.11. The van der Waals surface area contributed by atoms with Crippen LogP contribution in [0.3, 0.4) is 0 Å². The van der Waals surface area contributed by atoms with Crippen LogP contribution in [0.25, 0.3) is 0 Å². The highest BCUT2D eigenvalue weighted by Crippen LogP contribution is 2.19. The number of carbonyl (C=O) groups excluding carboxylic acids is 3. The highest BCUT2D eigenvalue weighted by atomic mass is 16.5. The summed E-state index contributed by atoms with van der Waals surface area (Å²) in [5, 5.41) is 8.36. The number of nitrogens with one attached hydrogen (secondary N) is 3. The largest absolute Gasteiger partial charge is 0.463 e. The summed E-state index contributed by atoms with van der Waals surface area (Å²) in [5.41, 5.74) is 1.54. The van der Waals surface area contributed by atoms with Crippen LogP contribution in [0.2, 0.25) is 0 Å². The zero-order valence-electron chi connectivity index (χ0n) is 16.5. The molecule has 3 N–H and O–H groups in total. The Bertz CT molecular complexity index is 760. The van der Waals surface area contributed by atoms with Crippen LogP contribution in [0, 0.1) is 0 Å². The number of urea groups is 1. The molecule has 1 aliphatic heterocycles. The van der Waals surface area contributed by atoms with Gasteiger partial charge in [-0.1, -0.05) is 25.5 Å². The number of amides is 2. The number of rotatable bonds is 9. The number of hydrogen-bond donors (Lipinski definition) is 3. The Morgan fingerprint density at radius 2 is 1.89 bits per heavy atom. The maximum atomic E-state index is 12.6. The van der Waals surface area contributed by atoms with Crippen molar-refractivity contribution >= 4 is 23.7 Å². The SMILES string of the molecule is CCCCNc1ccccc1C(=O)OCC1=C(C(=O)OCC)[C@H](C)NC(=O)N1. The molecule has 1 aliphatic rings. The summed E-state index contributed by atoms with van der Waals surface area (Å²) in [7, 11) is 0. The van der Waals surface area contributed by atoms with Gasteiger partial charge in [-0.05, 0) is 32.4 Å². The van der Waals surface area contributed by atoms with Crippen LogP contribution in [0.4, 0.5) is 10.5 Å². The lowest BCUT2D eigenvalue weighted by Gasteiger charge is -2.26. The molecule has 2 rings (SSSR count). The molecule has 1 aromatic rings. The molecule has 8 nitrogen and oxygen atoms in total. The van der Waals surface area contributed by atoms with Crippen LogP contribution in [0.15, 0.2) is 35.5 Å². The minimum absolute atomic E-state index is 0.201. The second-order valence-electron chi connectivity index (χ2n) is 6.33. The van der Waals surface area contributed by atoms with Gasteiger partial charge in [0.2, 0.25) is 0 Å². The van der Waals surface area contributed by atoms with Gasteiger partial charge in [-0.2, -0.15) is 0 Å². The van der Waals surface area contributed by atoms with E-state index in [1.54, 1.807) is 26.0 Å². The third-order valence-corrected chi connectivity index (χ3v) is 4.21. The van der Waals surface area contributed by atoms with Gasteiger partial charge in [-0.25, -0.2) is 14.4 Å². The van der Waals surface area contributed by atoms with E-state index in [4.69, 9.17) is 9.47 Å². The lowest BCUT2D eigenvalue weighted by molar-refractivity contribution is -0.139. The standard InChI is InChI=1S/C20H27N3O5/c1-4-6-11-21-15-10-8-7-9-14(15)18(24)28-12-16-17(19(25)27-5-2)13(3)22-20(26)23-16/h7-10,13,21H,4-6,11-12H2,1-3H3,(H2,22,23,26)/t13-/m0/s1. The van der Waals surface area contributed by atoms with Crippen molar-refractivity contribution in [2.75, 3.05) is 25.1 Å². The number of ether oxygens (including phenoxy) is 2. The molecule has 1 heterocycles. The molecule has 152 valence electrons. The monoisotopic (exact) mass is 389 g/mol. The first kappa shape index (κ1) is 21.3. The number of unbranched alkanes of at least 4 members (excludes halogenated alkanes) is 1. The predicted octanol–water partition coefficient (Wildman–Crippen LogP) is 2.57. The normalized spacial score (nSPS) is 16.1. The van der Waals surface area contributed by atoms with E-state index < -0.39 is 24.0 Å². The molecule has 2 amide bonds. The van der Waals surface area contributed by atoms with Crippen LogP contribution >= 0.6 is 0 Å². The maximum Gasteiger partial charge on any atom is 0.340 e. The molecule has 28 heavy (non-hydrogen) atoms. The van der Waals surface area contributed by atoms with Gasteiger partial charge in [0.15, 0.2) is 0 Å². The second kappa shape index (κ2) is 10.3. The molecule has 0 saturated heterocycles. The third kappa shape index (κ3) is 5.48. The number of anilines is 1. The van der Waals surface area contributed by atoms with Gasteiger partial charge in [0.05, 0.1) is 29.5 Å². The first-order chi connectivity index (χ1) is 13.5. The molecule has 0 spiro atoms. The molecule has 0 fully saturated rings. The smallest absolute Gasteiger partial charge is 0.340 e. The van der Waals surface area contributed by atoms with Crippen molar-refractivity contribution in [3.05, 3.63) is 41.1 Å². The Kier molecular flexibility index (Phi) is 7.86. The topological polar surface area (TPSA) is 106 Å². The fraction of sp³-hybridized carbons (Fsp3) is 0.450. The van der Waals surface area contributed by atoms with E-state index in [0.29, 0.717) is 11.3 Å². The average Bonchev–Trinajstić information content (AvgIpc) is 2.66. The quantitative estimate of drug-likeness (QED) is 0.443. The molecule has 0 radical (unpaired) electrons. The van der Waals surface area contributed by atoms with E-state index in [1.807, 2.05) is 12.1 Å². The van der Waals surface area contributed by atoms with Gasteiger partial charge in [0.1, 0.15) is 6.61 Å². The third-order valence-electron chi connectivity index (χ3n) is 4.21. The molecule has 0 aliphatic carbocycles. The minimum Gasteiger partial charge on any atom is -0.463 e. The molecule has 1 aromatic carbocycles. The minimum atomic E-state index is -0.560. The van der Waals surface area contributed by atoms with Crippen molar-refractivity contribution in [3.8, 4) is 0 Å². The highest BCUT2D eigenvalue weighted by molar-refractivity contribution is 5.97. The van der Waals surface area contributed by atoms with Crippen molar-refractivity contribution < 1.29 is 23.9 Å². The Labute approximate surface area is 164 Å². The van der Waals surface area contributed by atoms with Crippen molar-refractivity contribution in [2.24, 2.45) is 0 Å². The fourth-order valence-corrected chi connectivity index (χ4v) is 2.82. The van der Waals surface area contributed by atoms with Crippen molar-refractivity contribution in [1.29, 1.82) is 0 Å². The molecule has 1 atom stereocenters. The van der Waals surface area contributed by atoms with E-state index >= 15 is 0 Å². The van der Waals surface area contributed by atoms with Gasteiger partial charge in [-0.15, -0.1) is 0 Å². The van der Waals surface area contributed by atoms with Gasteiger partial charge in [0, 0.05) is 12.2 Å². The number of para-hydroxylation sites is 1. The van der Waals surface area contributed by atoms with Crippen LogP contribution in [0.5, 0.6) is 0 Å². The van der Waals surface area contributed by atoms with Gasteiger partial charge < -0.3 is 25.4 Å². The number of esters is 2. The number of carbonyl (C=O) groups is 3. The van der Waals surface area contributed by atoms with Gasteiger partial charge >= 0.3 is 18.0 Å². The second-order valence-corrected chi connectivity index (χ2v) is 6.33. The summed E-state index contributed by atoms with van der Waals surface area (Å²) in [6, 6.07) is 6.04. The van der Waals surface area contributed by atoms with Gasteiger partial charge in [0.25, 0.3) is 0 Å². The van der Waals surface area contributed by atoms with E-state index in [9.17, 15) is 14.4 Å². The summed E-state index contributed by atoms with van der Waals surface area (Å²) >= 11 is 0. The predicted molar refractivity (Wildman–Crippen MR) is 105 cm³/mol. The van der Waals surface area contributed by atoms with Crippen molar-refractivity contribution in [2.45, 2.75) is 39.7 Å². The fourth-order valence-electron chi connectivity index (χ4n) is 2.82. The van der Waals surface area contributed by atoms with Gasteiger partial charge in [-0.3, -0.25) is 0 Å². The number of hydrogen-bond acceptors (Lipinski definition) is 6. The van der Waals surface area contributed by atoms with E-state index in [2.05, 4.69) is 22.9 Å². The van der Waals surface area contributed by atoms with E-state index in [1.165, 1.54) is 0 Å². The first-order valence-corrected chi connectivity index (χ1v) is 9.45. The lowest BCUT2D eigenvalue weighted by Crippen LogP contribution is -2.50. The van der Waals surface area contributed by atoms with Crippen LogP contribution in [-0.2, 0) is 14.3 Å². The molecule has 8 heteroatoms. The summed E-state index contributed by atoms with van der Waals surface area (Å²) < 4.78 is 10.4. The molecular formula is C20H27N3O5. The molecule has 0 aromatic heterocycles. The average molecular weight is 389 g/mol. The first-order valence-electron chi connectivity index (χ1n) is 9.45. The molecular weight excluding hydrogens is 362 g/mol. The summed E-state index contributed by atoms with van der Waals surface area (Å²) in [6.45, 7) is 6.16. The highest BCUT2D eigenvalue weighted by Gasteiger charge is 2.30. The Morgan fingerprint density at radius 1 is 1.14 bits per heavy atom. The van der Waals surface area contributed by atoms with Crippen LogP contribution < -0.4 is 16.0 Å². The lowest BCUT2D eigenvalue weighted by atomic mass is 10.0. The number of benzene rings is 1. The maximum absolute atomic E-state index is 12.6. The molecule has 0 unspecified atom stereocenters. The molecule has 0 bridgehead atoms. The van der Waals surface area contributed by atoms with E-state index in [-0.39, 0.29) is 24.5 Å².